The van der Waals surface area contributed by atoms with Crippen molar-refractivity contribution < 1.29 is 0 Å². The summed E-state index contributed by atoms with van der Waals surface area (Å²) in [6, 6.07) is 2.85. The third-order valence-electron chi connectivity index (χ3n) is 3.28. The number of fused-ring (bicyclic) bond motifs is 1. The second kappa shape index (κ2) is 6.75. The number of hydrogen-bond donors (Lipinski definition) is 0. The van der Waals surface area contributed by atoms with Crippen molar-refractivity contribution in [2.75, 3.05) is 13.6 Å². The largest absolute Gasteiger partial charge is 0.299 e. The molecule has 1 aromatic heterocycles. The molecule has 0 saturated carbocycles. The summed E-state index contributed by atoms with van der Waals surface area (Å²) in [4.78, 5) is 6.94. The molecule has 1 atom stereocenters. The predicted molar refractivity (Wildman–Crippen MR) is 74.3 cm³/mol. The highest BCUT2D eigenvalue weighted by Gasteiger charge is 2.21. The van der Waals surface area contributed by atoms with E-state index in [2.05, 4.69) is 50.7 Å². The molecule has 0 saturated heterocycles. The van der Waals surface area contributed by atoms with Gasteiger partial charge in [0.15, 0.2) is 0 Å². The molecular weight excluding hydrogens is 208 g/mol. The first kappa shape index (κ1) is 14.2. The lowest BCUT2D eigenvalue weighted by Crippen LogP contribution is -2.31. The molecule has 2 heteroatoms. The minimum Gasteiger partial charge on any atom is -0.299 e. The molecule has 2 rings (SSSR count). The van der Waals surface area contributed by atoms with Gasteiger partial charge in [0.1, 0.15) is 0 Å². The van der Waals surface area contributed by atoms with Crippen LogP contribution >= 0.6 is 0 Å². The maximum absolute atomic E-state index is 4.55. The van der Waals surface area contributed by atoms with Gasteiger partial charge in [-0.05, 0) is 31.5 Å². The van der Waals surface area contributed by atoms with Crippen LogP contribution in [0.2, 0.25) is 0 Å². The fourth-order valence-corrected chi connectivity index (χ4v) is 2.03. The Bertz CT molecular complexity index is 347. The van der Waals surface area contributed by atoms with Gasteiger partial charge in [-0.1, -0.05) is 33.3 Å². The number of hydrogen-bond acceptors (Lipinski definition) is 2. The predicted octanol–water partition coefficient (Wildman–Crippen LogP) is 3.61. The monoisotopic (exact) mass is 234 g/mol. The zero-order valence-electron chi connectivity index (χ0n) is 12.0. The van der Waals surface area contributed by atoms with Crippen LogP contribution in [0.5, 0.6) is 0 Å². The molecule has 0 aliphatic carbocycles. The molecule has 0 radical (unpaired) electrons. The number of pyridine rings is 1. The summed E-state index contributed by atoms with van der Waals surface area (Å²) >= 11 is 0. The highest BCUT2D eigenvalue weighted by molar-refractivity contribution is 5.30. The van der Waals surface area contributed by atoms with E-state index in [0.29, 0.717) is 6.04 Å². The van der Waals surface area contributed by atoms with E-state index in [1.807, 2.05) is 6.20 Å². The molecule has 1 aromatic rings. The number of likely N-dealkylation sites (N-methyl/N-ethyl adjacent to an activating group) is 1. The Balaban J connectivity index is 0.000000437. The Hall–Kier alpha value is -0.890. The van der Waals surface area contributed by atoms with E-state index in [1.54, 1.807) is 0 Å². The molecule has 0 N–H and O–H groups in total. The van der Waals surface area contributed by atoms with Crippen LogP contribution in [0, 0.1) is 0 Å². The average molecular weight is 234 g/mol. The van der Waals surface area contributed by atoms with Crippen molar-refractivity contribution in [1.82, 2.24) is 9.88 Å². The van der Waals surface area contributed by atoms with Crippen molar-refractivity contribution >= 4 is 0 Å². The van der Waals surface area contributed by atoms with Gasteiger partial charge in [0.2, 0.25) is 0 Å². The van der Waals surface area contributed by atoms with Crippen LogP contribution in [0.25, 0.3) is 0 Å². The zero-order valence-corrected chi connectivity index (χ0v) is 12.0. The van der Waals surface area contributed by atoms with Gasteiger partial charge in [-0.15, -0.1) is 0 Å². The van der Waals surface area contributed by atoms with E-state index >= 15 is 0 Å². The van der Waals surface area contributed by atoms with E-state index in [1.165, 1.54) is 23.2 Å². The molecule has 1 aliphatic rings. The molecule has 96 valence electrons. The number of aromatic nitrogens is 1. The lowest BCUT2D eigenvalue weighted by Gasteiger charge is -2.31. The molecule has 0 amide bonds. The minimum absolute atomic E-state index is 0.526. The molecule has 0 fully saturated rings. The van der Waals surface area contributed by atoms with E-state index in [9.17, 15) is 0 Å². The van der Waals surface area contributed by atoms with Crippen LogP contribution in [0.4, 0.5) is 0 Å². The zero-order chi connectivity index (χ0) is 12.8. The van der Waals surface area contributed by atoms with Crippen LogP contribution in [-0.2, 0) is 12.8 Å². The molecular formula is C15H26N2. The maximum atomic E-state index is 4.55. The summed E-state index contributed by atoms with van der Waals surface area (Å²) in [6.07, 6.45) is 5.45. The Morgan fingerprint density at radius 2 is 2.00 bits per heavy atom. The number of aryl methyl sites for hydroxylation is 1. The first-order valence-corrected chi connectivity index (χ1v) is 6.81. The van der Waals surface area contributed by atoms with Crippen LogP contribution < -0.4 is 0 Å². The molecule has 0 aromatic carbocycles. The normalized spacial score (nSPS) is 19.2. The van der Waals surface area contributed by atoms with Gasteiger partial charge >= 0.3 is 0 Å². The van der Waals surface area contributed by atoms with E-state index in [-0.39, 0.29) is 0 Å². The Morgan fingerprint density at radius 1 is 1.35 bits per heavy atom. The summed E-state index contributed by atoms with van der Waals surface area (Å²) in [6.45, 7) is 9.83. The van der Waals surface area contributed by atoms with Crippen LogP contribution in [0.1, 0.15) is 57.0 Å². The van der Waals surface area contributed by atoms with Crippen molar-refractivity contribution in [3.8, 4) is 0 Å². The first-order chi connectivity index (χ1) is 8.13. The summed E-state index contributed by atoms with van der Waals surface area (Å²) in [5.41, 5.74) is 4.08. The van der Waals surface area contributed by atoms with Crippen LogP contribution in [0.15, 0.2) is 12.3 Å². The van der Waals surface area contributed by atoms with E-state index in [4.69, 9.17) is 0 Å². The van der Waals surface area contributed by atoms with Crippen LogP contribution in [0.3, 0.4) is 0 Å². The van der Waals surface area contributed by atoms with Gasteiger partial charge in [-0.25, -0.2) is 0 Å². The van der Waals surface area contributed by atoms with Crippen molar-refractivity contribution in [3.05, 3.63) is 29.1 Å². The summed E-state index contributed by atoms with van der Waals surface area (Å²) in [5.74, 6) is 0. The van der Waals surface area contributed by atoms with Crippen molar-refractivity contribution in [3.63, 3.8) is 0 Å². The van der Waals surface area contributed by atoms with Crippen LogP contribution in [-0.4, -0.2) is 23.5 Å². The third-order valence-corrected chi connectivity index (χ3v) is 3.28. The number of rotatable bonds is 1. The highest BCUT2D eigenvalue weighted by Crippen LogP contribution is 2.27. The molecule has 1 aliphatic heterocycles. The smallest absolute Gasteiger partial charge is 0.0464 e. The molecule has 17 heavy (non-hydrogen) atoms. The fourth-order valence-electron chi connectivity index (χ4n) is 2.03. The Kier molecular flexibility index (Phi) is 5.63. The average Bonchev–Trinajstić information content (AvgIpc) is 2.35. The van der Waals surface area contributed by atoms with E-state index in [0.717, 1.165) is 19.4 Å². The summed E-state index contributed by atoms with van der Waals surface area (Å²) in [5, 5.41) is 0. The molecule has 0 bridgehead atoms. The van der Waals surface area contributed by atoms with Crippen molar-refractivity contribution in [2.45, 2.75) is 53.0 Å². The first-order valence-electron chi connectivity index (χ1n) is 6.81. The molecule has 0 spiro atoms. The fraction of sp³-hybridized carbons (Fsp3) is 0.667. The SMILES string of the molecule is CCC.CCc1cnc2c(c1)C(C)N(C)CC2. The lowest BCUT2D eigenvalue weighted by atomic mass is 9.97. The van der Waals surface area contributed by atoms with Gasteiger partial charge in [0.25, 0.3) is 0 Å². The topological polar surface area (TPSA) is 16.1 Å². The quantitative estimate of drug-likeness (QED) is 0.738. The third kappa shape index (κ3) is 3.53. The van der Waals surface area contributed by atoms with Gasteiger partial charge in [0.05, 0.1) is 0 Å². The second-order valence-electron chi connectivity index (χ2n) is 4.85. The Morgan fingerprint density at radius 3 is 2.59 bits per heavy atom. The Labute approximate surface area is 106 Å². The lowest BCUT2D eigenvalue weighted by molar-refractivity contribution is 0.245. The summed E-state index contributed by atoms with van der Waals surface area (Å²) < 4.78 is 0. The highest BCUT2D eigenvalue weighted by atomic mass is 15.1. The van der Waals surface area contributed by atoms with Gasteiger partial charge in [-0.3, -0.25) is 9.88 Å². The molecule has 1 unspecified atom stereocenters. The minimum atomic E-state index is 0.526. The van der Waals surface area contributed by atoms with Crippen molar-refractivity contribution in [1.29, 1.82) is 0 Å². The standard InChI is InChI=1S/C12H18N2.C3H8/c1-4-10-7-11-9(2)14(3)6-5-12(11)13-8-10;1-3-2/h7-9H,4-6H2,1-3H3;3H2,1-2H3. The second-order valence-corrected chi connectivity index (χ2v) is 4.85. The van der Waals surface area contributed by atoms with E-state index < -0.39 is 0 Å². The van der Waals surface area contributed by atoms with Gasteiger partial charge in [-0.2, -0.15) is 0 Å². The van der Waals surface area contributed by atoms with Crippen molar-refractivity contribution in [2.24, 2.45) is 0 Å². The van der Waals surface area contributed by atoms with Gasteiger partial charge in [0, 0.05) is 30.9 Å². The summed E-state index contributed by atoms with van der Waals surface area (Å²) in [7, 11) is 2.19. The molecule has 2 heterocycles. The maximum Gasteiger partial charge on any atom is 0.0464 e. The molecule has 2 nitrogen and oxygen atoms in total. The number of nitrogens with zero attached hydrogens (tertiary/aromatic N) is 2. The van der Waals surface area contributed by atoms with Gasteiger partial charge < -0.3 is 0 Å².